The van der Waals surface area contributed by atoms with Gasteiger partial charge in [0.15, 0.2) is 0 Å². The zero-order valence-electron chi connectivity index (χ0n) is 16.1. The maximum atomic E-state index is 12.9. The topological polar surface area (TPSA) is 103 Å². The molecule has 0 saturated heterocycles. The number of anilines is 2. The van der Waals surface area contributed by atoms with Gasteiger partial charge in [-0.15, -0.1) is 0 Å². The highest BCUT2D eigenvalue weighted by Crippen LogP contribution is 2.28. The van der Waals surface area contributed by atoms with Gasteiger partial charge in [-0.25, -0.2) is 4.79 Å². The van der Waals surface area contributed by atoms with Crippen molar-refractivity contribution in [2.24, 2.45) is 0 Å². The molecule has 1 unspecified atom stereocenters. The van der Waals surface area contributed by atoms with Crippen LogP contribution in [0, 0.1) is 0 Å². The van der Waals surface area contributed by atoms with E-state index >= 15 is 0 Å². The Morgan fingerprint density at radius 3 is 2.86 bits per heavy atom. The number of benzene rings is 1. The summed E-state index contributed by atoms with van der Waals surface area (Å²) in [5.41, 5.74) is 2.04. The van der Waals surface area contributed by atoms with Crippen molar-refractivity contribution in [2.45, 2.75) is 19.0 Å². The molecule has 2 heterocycles. The van der Waals surface area contributed by atoms with Gasteiger partial charge in [0.2, 0.25) is 11.8 Å². The van der Waals surface area contributed by atoms with Gasteiger partial charge in [0, 0.05) is 18.9 Å². The molecule has 29 heavy (non-hydrogen) atoms. The maximum Gasteiger partial charge on any atom is 0.323 e. The van der Waals surface area contributed by atoms with Gasteiger partial charge in [-0.05, 0) is 42.2 Å². The maximum absolute atomic E-state index is 12.9. The molecule has 1 aromatic heterocycles. The summed E-state index contributed by atoms with van der Waals surface area (Å²) in [6.07, 6.45) is 5.77. The quantitative estimate of drug-likeness (QED) is 0.644. The molecule has 0 bridgehead atoms. The molecule has 0 aliphatic carbocycles. The smallest absolute Gasteiger partial charge is 0.323 e. The van der Waals surface area contributed by atoms with Crippen LogP contribution in [-0.4, -0.2) is 47.4 Å². The number of fused-ring (bicyclic) bond motifs is 1. The first-order chi connectivity index (χ1) is 14.1. The Balaban J connectivity index is 1.68. The fourth-order valence-corrected chi connectivity index (χ4v) is 3.43. The molecule has 152 valence electrons. The number of nitrogens with one attached hydrogen (secondary N) is 3. The van der Waals surface area contributed by atoms with Crippen molar-refractivity contribution in [3.63, 3.8) is 0 Å². The lowest BCUT2D eigenvalue weighted by atomic mass is 10.2. The minimum absolute atomic E-state index is 0.102. The first-order valence-electron chi connectivity index (χ1n) is 9.21. The number of pyridine rings is 1. The number of carbonyl (C=O) groups excluding carboxylic acids is 3. The minimum Gasteiger partial charge on any atom is -0.350 e. The number of rotatable bonds is 7. The average Bonchev–Trinajstić information content (AvgIpc) is 2.74. The molecule has 4 amide bonds. The summed E-state index contributed by atoms with van der Waals surface area (Å²) in [4.78, 5) is 42.9. The van der Waals surface area contributed by atoms with Crippen LogP contribution in [0.15, 0.2) is 48.8 Å². The number of thioether (sulfide) groups is 1. The van der Waals surface area contributed by atoms with Gasteiger partial charge >= 0.3 is 6.03 Å². The van der Waals surface area contributed by atoms with Gasteiger partial charge in [0.05, 0.1) is 11.4 Å². The van der Waals surface area contributed by atoms with E-state index in [-0.39, 0.29) is 18.4 Å². The summed E-state index contributed by atoms with van der Waals surface area (Å²) in [6.45, 7) is 0.225. The molecule has 3 N–H and O–H groups in total. The number of urea groups is 1. The van der Waals surface area contributed by atoms with E-state index in [4.69, 9.17) is 0 Å². The lowest BCUT2D eigenvalue weighted by Crippen LogP contribution is -2.54. The van der Waals surface area contributed by atoms with Crippen LogP contribution in [0.1, 0.15) is 12.0 Å². The third-order valence-electron chi connectivity index (χ3n) is 4.43. The van der Waals surface area contributed by atoms with Crippen LogP contribution in [0.5, 0.6) is 0 Å². The summed E-state index contributed by atoms with van der Waals surface area (Å²) in [7, 11) is 0. The van der Waals surface area contributed by atoms with E-state index in [2.05, 4.69) is 20.9 Å². The van der Waals surface area contributed by atoms with Crippen LogP contribution >= 0.6 is 11.8 Å². The number of para-hydroxylation sites is 2. The van der Waals surface area contributed by atoms with Gasteiger partial charge in [-0.2, -0.15) is 11.8 Å². The highest BCUT2D eigenvalue weighted by molar-refractivity contribution is 7.98. The van der Waals surface area contributed by atoms with Crippen LogP contribution < -0.4 is 20.9 Å². The Hall–Kier alpha value is -3.07. The van der Waals surface area contributed by atoms with Crippen molar-refractivity contribution in [2.75, 3.05) is 28.8 Å². The Kier molecular flexibility index (Phi) is 7.07. The molecule has 1 atom stereocenters. The van der Waals surface area contributed by atoms with Crippen LogP contribution in [0.3, 0.4) is 0 Å². The molecule has 0 radical (unpaired) electrons. The van der Waals surface area contributed by atoms with Crippen molar-refractivity contribution >= 4 is 41.0 Å². The normalized spacial score (nSPS) is 13.8. The molecule has 2 aromatic rings. The molecule has 8 nitrogen and oxygen atoms in total. The summed E-state index contributed by atoms with van der Waals surface area (Å²) >= 11 is 1.59. The first kappa shape index (κ1) is 20.7. The SMILES string of the molecule is CSCCC(NC(=O)N1CC(=O)Nc2ccccc21)C(=O)NCc1cccnc1. The van der Waals surface area contributed by atoms with Crippen LogP contribution in [-0.2, 0) is 16.1 Å². The Morgan fingerprint density at radius 2 is 2.10 bits per heavy atom. The number of hydrogen-bond acceptors (Lipinski definition) is 5. The second kappa shape index (κ2) is 9.92. The first-order valence-corrected chi connectivity index (χ1v) is 10.6. The fraction of sp³-hybridized carbons (Fsp3) is 0.300. The van der Waals surface area contributed by atoms with E-state index in [1.165, 1.54) is 4.90 Å². The molecule has 0 fully saturated rings. The predicted octanol–water partition coefficient (Wildman–Crippen LogP) is 1.99. The van der Waals surface area contributed by atoms with Crippen molar-refractivity contribution in [3.8, 4) is 0 Å². The molecule has 1 aliphatic heterocycles. The number of aromatic nitrogens is 1. The molecule has 0 spiro atoms. The van der Waals surface area contributed by atoms with Crippen molar-refractivity contribution in [1.29, 1.82) is 0 Å². The zero-order valence-corrected chi connectivity index (χ0v) is 16.9. The van der Waals surface area contributed by atoms with Crippen LogP contribution in [0.4, 0.5) is 16.2 Å². The average molecular weight is 414 g/mol. The second-order valence-corrected chi connectivity index (χ2v) is 7.50. The van der Waals surface area contributed by atoms with Crippen molar-refractivity contribution in [3.05, 3.63) is 54.4 Å². The summed E-state index contributed by atoms with van der Waals surface area (Å²) in [5.74, 6) is 0.161. The van der Waals surface area contributed by atoms with Crippen molar-refractivity contribution < 1.29 is 14.4 Å². The summed E-state index contributed by atoms with van der Waals surface area (Å²) < 4.78 is 0. The summed E-state index contributed by atoms with van der Waals surface area (Å²) in [5, 5.41) is 8.37. The lowest BCUT2D eigenvalue weighted by molar-refractivity contribution is -0.123. The molecule has 1 aromatic carbocycles. The molecule has 1 aliphatic rings. The highest BCUT2D eigenvalue weighted by Gasteiger charge is 2.29. The van der Waals surface area contributed by atoms with E-state index in [0.29, 0.717) is 30.1 Å². The van der Waals surface area contributed by atoms with Gasteiger partial charge in [-0.3, -0.25) is 19.5 Å². The van der Waals surface area contributed by atoms with Gasteiger partial charge in [-0.1, -0.05) is 18.2 Å². The zero-order chi connectivity index (χ0) is 20.6. The molecular formula is C20H23N5O3S. The van der Waals surface area contributed by atoms with E-state index < -0.39 is 12.1 Å². The number of hydrogen-bond donors (Lipinski definition) is 3. The van der Waals surface area contributed by atoms with Crippen molar-refractivity contribution in [1.82, 2.24) is 15.6 Å². The molecule has 3 rings (SSSR count). The number of carbonyl (C=O) groups is 3. The van der Waals surface area contributed by atoms with Gasteiger partial charge in [0.1, 0.15) is 12.6 Å². The Labute approximate surface area is 173 Å². The highest BCUT2D eigenvalue weighted by atomic mass is 32.2. The summed E-state index contributed by atoms with van der Waals surface area (Å²) in [6, 6.07) is 9.56. The van der Waals surface area contributed by atoms with E-state index in [9.17, 15) is 14.4 Å². The second-order valence-electron chi connectivity index (χ2n) is 6.51. The van der Waals surface area contributed by atoms with Crippen LogP contribution in [0.25, 0.3) is 0 Å². The molecule has 9 heteroatoms. The van der Waals surface area contributed by atoms with E-state index in [1.807, 2.05) is 12.3 Å². The Morgan fingerprint density at radius 1 is 1.28 bits per heavy atom. The van der Waals surface area contributed by atoms with Crippen LogP contribution in [0.2, 0.25) is 0 Å². The Bertz CT molecular complexity index is 877. The third-order valence-corrected chi connectivity index (χ3v) is 5.07. The van der Waals surface area contributed by atoms with E-state index in [0.717, 1.165) is 5.56 Å². The van der Waals surface area contributed by atoms with Gasteiger partial charge in [0.25, 0.3) is 0 Å². The third kappa shape index (κ3) is 5.47. The standard InChI is InChI=1S/C20H23N5O3S/c1-29-10-8-16(19(27)22-12-14-5-4-9-21-11-14)24-20(28)25-13-18(26)23-15-6-2-3-7-17(15)25/h2-7,9,11,16H,8,10,12-13H2,1H3,(H,22,27)(H,23,26)(H,24,28). The van der Waals surface area contributed by atoms with E-state index in [1.54, 1.807) is 54.5 Å². The number of nitrogens with zero attached hydrogens (tertiary/aromatic N) is 2. The largest absolute Gasteiger partial charge is 0.350 e. The predicted molar refractivity (Wildman–Crippen MR) is 114 cm³/mol. The molecule has 0 saturated carbocycles. The fourth-order valence-electron chi connectivity index (χ4n) is 2.96. The minimum atomic E-state index is -0.705. The lowest BCUT2D eigenvalue weighted by Gasteiger charge is -2.30. The molecular weight excluding hydrogens is 390 g/mol. The van der Waals surface area contributed by atoms with Gasteiger partial charge < -0.3 is 16.0 Å². The monoisotopic (exact) mass is 413 g/mol. The number of amides is 4.